The highest BCUT2D eigenvalue weighted by molar-refractivity contribution is 5.94. The number of carbonyl (C=O) groups is 2. The first-order valence-electron chi connectivity index (χ1n) is 14.8. The lowest BCUT2D eigenvalue weighted by Gasteiger charge is -2.08. The summed E-state index contributed by atoms with van der Waals surface area (Å²) in [5, 5.41) is 19.9. The number of benzene rings is 4. The minimum atomic E-state index is -0.457. The predicted molar refractivity (Wildman–Crippen MR) is 175 cm³/mol. The maximum Gasteiger partial charge on any atom is 0.343 e. The van der Waals surface area contributed by atoms with Crippen molar-refractivity contribution >= 4 is 35.1 Å². The average Bonchev–Trinajstić information content (AvgIpc) is 3.06. The number of esters is 2. The molecule has 0 unspecified atom stereocenters. The number of hydrogen-bond acceptors (Lipinski definition) is 9. The molecule has 4 rings (SSSR count). The number of aromatic hydroxyl groups is 1. The van der Waals surface area contributed by atoms with Crippen LogP contribution >= 0.6 is 0 Å². The first kappa shape index (κ1) is 32.5. The third kappa shape index (κ3) is 10.4. The number of hydrogen-bond donors (Lipinski definition) is 1. The molecule has 0 aliphatic heterocycles. The van der Waals surface area contributed by atoms with Crippen molar-refractivity contribution in [3.05, 3.63) is 108 Å². The van der Waals surface area contributed by atoms with Crippen LogP contribution in [0.1, 0.15) is 54.1 Å². The normalized spacial score (nSPS) is 11.1. The zero-order valence-electron chi connectivity index (χ0n) is 25.2. The van der Waals surface area contributed by atoms with E-state index in [-0.39, 0.29) is 5.75 Å². The topological polar surface area (TPSA) is 116 Å². The Labute approximate surface area is 262 Å². The molecule has 0 saturated carbocycles. The minimum absolute atomic E-state index is 0.0778. The van der Waals surface area contributed by atoms with Gasteiger partial charge in [-0.3, -0.25) is 0 Å². The molecule has 4 aromatic carbocycles. The van der Waals surface area contributed by atoms with Crippen molar-refractivity contribution in [1.29, 1.82) is 0 Å². The lowest BCUT2D eigenvalue weighted by molar-refractivity contribution is -0.137. The van der Waals surface area contributed by atoms with Gasteiger partial charge in [-0.05, 0) is 115 Å². The van der Waals surface area contributed by atoms with Gasteiger partial charge in [-0.15, -0.1) is 0 Å². The molecule has 0 saturated heterocycles. The molecule has 9 nitrogen and oxygen atoms in total. The maximum absolute atomic E-state index is 12.7. The third-order valence-electron chi connectivity index (χ3n) is 6.62. The summed E-state index contributed by atoms with van der Waals surface area (Å²) in [6, 6.07) is 23.1. The number of carbonyl (C=O) groups excluding carboxylic acids is 2. The fourth-order valence-electron chi connectivity index (χ4n) is 4.30. The molecule has 0 aliphatic carbocycles. The van der Waals surface area contributed by atoms with Crippen LogP contribution in [0.4, 0.5) is 0 Å². The molecule has 232 valence electrons. The third-order valence-corrected chi connectivity index (χ3v) is 6.62. The van der Waals surface area contributed by atoms with E-state index >= 15 is 0 Å². The molecule has 45 heavy (non-hydrogen) atoms. The molecule has 0 heterocycles. The van der Waals surface area contributed by atoms with E-state index in [1.165, 1.54) is 0 Å². The lowest BCUT2D eigenvalue weighted by atomic mass is 10.1. The predicted octanol–water partition coefficient (Wildman–Crippen LogP) is 7.28. The lowest BCUT2D eigenvalue weighted by Crippen LogP contribution is -2.08. The molecule has 0 radical (unpaired) electrons. The fraction of sp³-hybridized carbons (Fsp3) is 0.222. The van der Waals surface area contributed by atoms with Crippen molar-refractivity contribution in [1.82, 2.24) is 0 Å². The Hall–Kier alpha value is -5.44. The van der Waals surface area contributed by atoms with Crippen LogP contribution in [-0.2, 0) is 9.53 Å². The quantitative estimate of drug-likeness (QED) is 0.0355. The second-order valence-electron chi connectivity index (χ2n) is 9.97. The second kappa shape index (κ2) is 17.0. The zero-order chi connectivity index (χ0) is 31.9. The van der Waals surface area contributed by atoms with Crippen LogP contribution in [0, 0.1) is 0 Å². The van der Waals surface area contributed by atoms with Gasteiger partial charge in [0.25, 0.3) is 0 Å². The smallest absolute Gasteiger partial charge is 0.343 e. The van der Waals surface area contributed by atoms with Crippen LogP contribution in [0.2, 0.25) is 0 Å². The maximum atomic E-state index is 12.7. The van der Waals surface area contributed by atoms with Gasteiger partial charge in [-0.2, -0.15) is 10.2 Å². The number of phenolic OH excluding ortho intramolecular Hbond substituents is 1. The monoisotopic (exact) mass is 608 g/mol. The van der Waals surface area contributed by atoms with Crippen molar-refractivity contribution < 1.29 is 33.6 Å². The van der Waals surface area contributed by atoms with Crippen LogP contribution in [0.3, 0.4) is 0 Å². The van der Waals surface area contributed by atoms with Crippen LogP contribution in [0.15, 0.2) is 102 Å². The van der Waals surface area contributed by atoms with Gasteiger partial charge in [0.1, 0.15) is 11.5 Å². The van der Waals surface area contributed by atoms with Gasteiger partial charge in [-0.1, -0.05) is 24.8 Å². The van der Waals surface area contributed by atoms with Gasteiger partial charge in [-0.25, -0.2) is 9.59 Å². The van der Waals surface area contributed by atoms with E-state index in [0.717, 1.165) is 53.7 Å². The molecule has 0 spiro atoms. The molecular weight excluding hydrogens is 572 g/mol. The van der Waals surface area contributed by atoms with E-state index in [9.17, 15) is 14.7 Å². The minimum Gasteiger partial charge on any atom is -0.504 e. The van der Waals surface area contributed by atoms with Gasteiger partial charge in [0.05, 0.1) is 37.8 Å². The molecule has 1 N–H and O–H groups in total. The summed E-state index contributed by atoms with van der Waals surface area (Å²) in [6.45, 7) is 6.62. The average molecular weight is 609 g/mol. The first-order chi connectivity index (χ1) is 21.9. The molecular formula is C36H36N2O7. The number of unbranched alkanes of at least 4 members (excludes halogenated alkanes) is 3. The van der Waals surface area contributed by atoms with Crippen LogP contribution in [-0.4, -0.2) is 49.3 Å². The Bertz CT molecular complexity index is 1660. The Balaban J connectivity index is 1.23. The summed E-state index contributed by atoms with van der Waals surface area (Å²) in [7, 11) is 0. The summed E-state index contributed by atoms with van der Waals surface area (Å²) < 4.78 is 21.7. The summed E-state index contributed by atoms with van der Waals surface area (Å²) in [5.74, 6) is 0.746. The van der Waals surface area contributed by atoms with Crippen molar-refractivity contribution in [3.8, 4) is 23.0 Å². The standard InChI is InChI=1S/C36H36N2O7/c1-3-35(40)44-20-8-6-5-7-19-43-31-15-12-28(13-16-31)36(41)45-32-17-14-29-21-26(9-11-30(29)23-32)24-37-38-25-27-10-18-33(39)34(22-27)42-4-2/h3,9-18,21-25,39H,1,4-8,19-20H2,2H3/b37-24+,38-25+. The number of ether oxygens (including phenoxy) is 4. The van der Waals surface area contributed by atoms with Crippen LogP contribution in [0.25, 0.3) is 10.8 Å². The molecule has 0 aliphatic rings. The Morgan fingerprint density at radius 3 is 2.13 bits per heavy atom. The van der Waals surface area contributed by atoms with Gasteiger partial charge in [0.15, 0.2) is 11.5 Å². The van der Waals surface area contributed by atoms with Gasteiger partial charge in [0, 0.05) is 6.08 Å². The zero-order valence-corrected chi connectivity index (χ0v) is 25.2. The molecule has 0 bridgehead atoms. The van der Waals surface area contributed by atoms with Crippen LogP contribution in [0.5, 0.6) is 23.0 Å². The number of fused-ring (bicyclic) bond motifs is 1. The molecule has 0 amide bonds. The molecule has 9 heteroatoms. The largest absolute Gasteiger partial charge is 0.504 e. The number of phenols is 1. The molecule has 0 fully saturated rings. The van der Waals surface area contributed by atoms with E-state index in [4.69, 9.17) is 18.9 Å². The highest BCUT2D eigenvalue weighted by atomic mass is 16.5. The highest BCUT2D eigenvalue weighted by Gasteiger charge is 2.10. The van der Waals surface area contributed by atoms with E-state index in [0.29, 0.717) is 42.6 Å². The Kier molecular flexibility index (Phi) is 12.3. The first-order valence-corrected chi connectivity index (χ1v) is 14.8. The Morgan fingerprint density at radius 2 is 1.40 bits per heavy atom. The second-order valence-corrected chi connectivity index (χ2v) is 9.97. The summed E-state index contributed by atoms with van der Waals surface area (Å²) >= 11 is 0. The number of nitrogens with zero attached hydrogens (tertiary/aromatic N) is 2. The molecule has 0 atom stereocenters. The van der Waals surface area contributed by atoms with E-state index < -0.39 is 11.9 Å². The molecule has 0 aromatic heterocycles. The van der Waals surface area contributed by atoms with E-state index in [1.54, 1.807) is 61.0 Å². The number of rotatable bonds is 16. The van der Waals surface area contributed by atoms with Gasteiger partial charge in [0.2, 0.25) is 0 Å². The van der Waals surface area contributed by atoms with Crippen LogP contribution < -0.4 is 14.2 Å². The summed E-state index contributed by atoms with van der Waals surface area (Å²) in [4.78, 5) is 23.7. The summed E-state index contributed by atoms with van der Waals surface area (Å²) in [6.07, 6.45) is 7.98. The van der Waals surface area contributed by atoms with Gasteiger partial charge < -0.3 is 24.1 Å². The van der Waals surface area contributed by atoms with E-state index in [2.05, 4.69) is 16.8 Å². The fourth-order valence-corrected chi connectivity index (χ4v) is 4.30. The van der Waals surface area contributed by atoms with Crippen molar-refractivity contribution in [2.24, 2.45) is 10.2 Å². The Morgan fingerprint density at radius 1 is 0.756 bits per heavy atom. The summed E-state index contributed by atoms with van der Waals surface area (Å²) in [5.41, 5.74) is 2.03. The van der Waals surface area contributed by atoms with Crippen molar-refractivity contribution in [3.63, 3.8) is 0 Å². The SMILES string of the molecule is C=CC(=O)OCCCCCCOc1ccc(C(=O)Oc2ccc3cc(/C=N/N=C/c4ccc(O)c(OCC)c4)ccc3c2)cc1. The molecule has 4 aromatic rings. The highest BCUT2D eigenvalue weighted by Crippen LogP contribution is 2.26. The van der Waals surface area contributed by atoms with Crippen molar-refractivity contribution in [2.75, 3.05) is 19.8 Å². The van der Waals surface area contributed by atoms with E-state index in [1.807, 2.05) is 37.3 Å². The van der Waals surface area contributed by atoms with Crippen molar-refractivity contribution in [2.45, 2.75) is 32.6 Å². The van der Waals surface area contributed by atoms with Gasteiger partial charge >= 0.3 is 11.9 Å².